The van der Waals surface area contributed by atoms with Crippen molar-refractivity contribution in [3.8, 4) is 5.75 Å². The number of benzene rings is 2. The van der Waals surface area contributed by atoms with Crippen LogP contribution in [-0.2, 0) is 6.42 Å². The van der Waals surface area contributed by atoms with Crippen LogP contribution in [0.25, 0.3) is 0 Å². The van der Waals surface area contributed by atoms with Crippen molar-refractivity contribution in [2.45, 2.75) is 38.6 Å². The van der Waals surface area contributed by atoms with E-state index in [0.29, 0.717) is 36.9 Å². The van der Waals surface area contributed by atoms with Crippen molar-refractivity contribution in [2.75, 3.05) is 30.0 Å². The van der Waals surface area contributed by atoms with Crippen molar-refractivity contribution in [1.29, 1.82) is 0 Å². The smallest absolute Gasteiger partial charge is 0.259 e. The first-order chi connectivity index (χ1) is 16.2. The van der Waals surface area contributed by atoms with Gasteiger partial charge in [-0.25, -0.2) is 4.98 Å². The van der Waals surface area contributed by atoms with Crippen LogP contribution in [0.2, 0.25) is 0 Å². The number of aromatic nitrogens is 2. The summed E-state index contributed by atoms with van der Waals surface area (Å²) in [7, 11) is 0. The normalized spacial score (nSPS) is 13.2. The number of nitrogens with zero attached hydrogens (tertiary/aromatic N) is 3. The number of carbonyl (C=O) groups is 1. The highest BCUT2D eigenvalue weighted by molar-refractivity contribution is 6.05. The molecule has 172 valence electrons. The highest BCUT2D eigenvalue weighted by atomic mass is 16.5. The number of rotatable bonds is 10. The quantitative estimate of drug-likeness (QED) is 0.449. The van der Waals surface area contributed by atoms with E-state index in [1.54, 1.807) is 17.2 Å². The number of amides is 1. The molecule has 0 bridgehead atoms. The summed E-state index contributed by atoms with van der Waals surface area (Å²) in [5, 5.41) is 12.5. The summed E-state index contributed by atoms with van der Waals surface area (Å²) in [5.41, 5.74) is 2.80. The molecular formula is C26H30N4O3. The maximum atomic E-state index is 13.5. The lowest BCUT2D eigenvalue weighted by molar-refractivity contribution is 0.0985. The number of unbranched alkanes of at least 4 members (excludes halogenated alkanes) is 2. The van der Waals surface area contributed by atoms with E-state index >= 15 is 0 Å². The average Bonchev–Trinajstić information content (AvgIpc) is 3.32. The highest BCUT2D eigenvalue weighted by Crippen LogP contribution is 2.27. The highest BCUT2D eigenvalue weighted by Gasteiger charge is 2.22. The van der Waals surface area contributed by atoms with Gasteiger partial charge in [0.1, 0.15) is 11.6 Å². The summed E-state index contributed by atoms with van der Waals surface area (Å²) in [6, 6.07) is 17.5. The third kappa shape index (κ3) is 5.68. The Labute approximate surface area is 194 Å². The van der Waals surface area contributed by atoms with Gasteiger partial charge < -0.3 is 15.2 Å². The van der Waals surface area contributed by atoms with Gasteiger partial charge in [-0.1, -0.05) is 30.3 Å². The number of hydrogen-bond donors (Lipinski definition) is 2. The summed E-state index contributed by atoms with van der Waals surface area (Å²) in [5.74, 6) is 1.77. The second kappa shape index (κ2) is 10.9. The molecule has 7 nitrogen and oxygen atoms in total. The Morgan fingerprint density at radius 1 is 1.15 bits per heavy atom. The van der Waals surface area contributed by atoms with E-state index in [4.69, 9.17) is 9.84 Å². The molecule has 0 saturated heterocycles. The molecule has 1 amide bonds. The van der Waals surface area contributed by atoms with Gasteiger partial charge in [0.15, 0.2) is 0 Å². The Hall–Kier alpha value is -3.45. The van der Waals surface area contributed by atoms with Crippen molar-refractivity contribution >= 4 is 17.7 Å². The number of hydrogen-bond acceptors (Lipinski definition) is 6. The van der Waals surface area contributed by atoms with Gasteiger partial charge in [-0.15, -0.1) is 0 Å². The van der Waals surface area contributed by atoms with E-state index in [0.717, 1.165) is 36.1 Å². The molecule has 7 heteroatoms. The predicted molar refractivity (Wildman–Crippen MR) is 129 cm³/mol. The van der Waals surface area contributed by atoms with E-state index in [9.17, 15) is 4.79 Å². The van der Waals surface area contributed by atoms with Gasteiger partial charge >= 0.3 is 0 Å². The molecule has 1 aliphatic heterocycles. The summed E-state index contributed by atoms with van der Waals surface area (Å²) in [4.78, 5) is 24.3. The first-order valence-corrected chi connectivity index (χ1v) is 11.5. The second-order valence-electron chi connectivity index (χ2n) is 8.18. The zero-order valence-corrected chi connectivity index (χ0v) is 18.9. The number of ether oxygens (including phenoxy) is 1. The van der Waals surface area contributed by atoms with Crippen LogP contribution in [0.3, 0.4) is 0 Å². The molecule has 33 heavy (non-hydrogen) atoms. The molecular weight excluding hydrogens is 416 g/mol. The Balaban J connectivity index is 1.56. The number of fused-ring (bicyclic) bond motifs is 1. The maximum Gasteiger partial charge on any atom is 0.259 e. The average molecular weight is 447 g/mol. The fourth-order valence-corrected chi connectivity index (χ4v) is 3.94. The number of anilines is 2. The summed E-state index contributed by atoms with van der Waals surface area (Å²) < 4.78 is 5.58. The van der Waals surface area contributed by atoms with Crippen LogP contribution in [0.15, 0.2) is 60.8 Å². The standard InChI is InChI=1S/C26H30N4O3/c1-19(20-8-4-2-5-9-20)28-26-27-14-12-24(29-26)30(15-6-3-7-16-31)25(32)22-10-11-23-21(18-22)13-17-33-23/h2,4-5,8-12,14,18-19,31H,3,6-7,13,15-17H2,1H3,(H,27,28,29)/t19-/m0/s1. The molecule has 2 heterocycles. The minimum atomic E-state index is -0.102. The van der Waals surface area contributed by atoms with Crippen molar-refractivity contribution < 1.29 is 14.6 Å². The van der Waals surface area contributed by atoms with Crippen LogP contribution in [0.4, 0.5) is 11.8 Å². The van der Waals surface area contributed by atoms with Crippen LogP contribution in [0, 0.1) is 0 Å². The zero-order valence-electron chi connectivity index (χ0n) is 18.9. The Bertz CT molecular complexity index is 1070. The van der Waals surface area contributed by atoms with Crippen LogP contribution in [0.1, 0.15) is 53.7 Å². The van der Waals surface area contributed by atoms with Crippen molar-refractivity contribution in [2.24, 2.45) is 0 Å². The van der Waals surface area contributed by atoms with Gasteiger partial charge in [-0.2, -0.15) is 4.98 Å². The van der Waals surface area contributed by atoms with E-state index in [1.165, 1.54) is 0 Å². The third-order valence-electron chi connectivity index (χ3n) is 5.78. The Morgan fingerprint density at radius 3 is 2.82 bits per heavy atom. The minimum Gasteiger partial charge on any atom is -0.493 e. The molecule has 0 radical (unpaired) electrons. The van der Waals surface area contributed by atoms with Gasteiger partial charge in [0.05, 0.1) is 12.6 Å². The molecule has 1 aliphatic rings. The third-order valence-corrected chi connectivity index (χ3v) is 5.78. The first-order valence-electron chi connectivity index (χ1n) is 11.5. The number of aliphatic hydroxyl groups is 1. The van der Waals surface area contributed by atoms with Crippen molar-refractivity contribution in [1.82, 2.24) is 9.97 Å². The van der Waals surface area contributed by atoms with Crippen molar-refractivity contribution in [3.63, 3.8) is 0 Å². The molecule has 0 saturated carbocycles. The Morgan fingerprint density at radius 2 is 2.00 bits per heavy atom. The number of aliphatic hydroxyl groups excluding tert-OH is 1. The fourth-order valence-electron chi connectivity index (χ4n) is 3.94. The van der Waals surface area contributed by atoms with Gasteiger partial charge in [0, 0.05) is 31.3 Å². The largest absolute Gasteiger partial charge is 0.493 e. The molecule has 4 rings (SSSR count). The molecule has 1 aromatic heterocycles. The molecule has 2 aromatic carbocycles. The minimum absolute atomic E-state index is 0.0202. The van der Waals surface area contributed by atoms with Crippen molar-refractivity contribution in [3.05, 3.63) is 77.5 Å². The van der Waals surface area contributed by atoms with Gasteiger partial charge in [0.25, 0.3) is 5.91 Å². The van der Waals surface area contributed by atoms with E-state index in [1.807, 2.05) is 36.4 Å². The lowest BCUT2D eigenvalue weighted by atomic mass is 10.1. The summed E-state index contributed by atoms with van der Waals surface area (Å²) >= 11 is 0. The number of nitrogens with one attached hydrogen (secondary N) is 1. The molecule has 0 aliphatic carbocycles. The monoisotopic (exact) mass is 446 g/mol. The molecule has 0 spiro atoms. The topological polar surface area (TPSA) is 87.6 Å². The van der Waals surface area contributed by atoms with Gasteiger partial charge in [0.2, 0.25) is 5.95 Å². The van der Waals surface area contributed by atoms with Crippen LogP contribution in [-0.4, -0.2) is 40.7 Å². The van der Waals surface area contributed by atoms with Crippen LogP contribution >= 0.6 is 0 Å². The fraction of sp³-hybridized carbons (Fsp3) is 0.346. The molecule has 0 fully saturated rings. The maximum absolute atomic E-state index is 13.5. The lowest BCUT2D eigenvalue weighted by Crippen LogP contribution is -2.33. The van der Waals surface area contributed by atoms with Crippen LogP contribution in [0.5, 0.6) is 5.75 Å². The molecule has 2 N–H and O–H groups in total. The van der Waals surface area contributed by atoms with E-state index in [-0.39, 0.29) is 18.6 Å². The molecule has 0 unspecified atom stereocenters. The number of carbonyl (C=O) groups excluding carboxylic acids is 1. The van der Waals surface area contributed by atoms with E-state index < -0.39 is 0 Å². The summed E-state index contributed by atoms with van der Waals surface area (Å²) in [6.07, 6.45) is 4.80. The van der Waals surface area contributed by atoms with Gasteiger partial charge in [-0.05, 0) is 61.6 Å². The molecule has 3 aromatic rings. The van der Waals surface area contributed by atoms with E-state index in [2.05, 4.69) is 34.3 Å². The van der Waals surface area contributed by atoms with Crippen LogP contribution < -0.4 is 15.0 Å². The molecule has 1 atom stereocenters. The summed E-state index contributed by atoms with van der Waals surface area (Å²) in [6.45, 7) is 3.36. The second-order valence-corrected chi connectivity index (χ2v) is 8.18. The van der Waals surface area contributed by atoms with Gasteiger partial charge in [-0.3, -0.25) is 9.69 Å². The lowest BCUT2D eigenvalue weighted by Gasteiger charge is -2.23. The predicted octanol–water partition coefficient (Wildman–Crippen LogP) is 4.39. The SMILES string of the molecule is C[C@H](Nc1nccc(N(CCCCCO)C(=O)c2ccc3c(c2)CCO3)n1)c1ccccc1. The zero-order chi connectivity index (χ0) is 23.0. The Kier molecular flexibility index (Phi) is 7.52. The first kappa shape index (κ1) is 22.7.